The van der Waals surface area contributed by atoms with Crippen LogP contribution in [0.4, 0.5) is 11.4 Å². The molecule has 0 bridgehead atoms. The van der Waals surface area contributed by atoms with E-state index in [1.807, 2.05) is 36.2 Å². The molecule has 0 radical (unpaired) electrons. The molecule has 8 heteroatoms. The average Bonchev–Trinajstić information content (AvgIpc) is 2.73. The van der Waals surface area contributed by atoms with Crippen molar-refractivity contribution >= 4 is 23.8 Å². The topological polar surface area (TPSA) is 93.6 Å². The van der Waals surface area contributed by atoms with Crippen LogP contribution in [0.2, 0.25) is 0 Å². The van der Waals surface area contributed by atoms with Gasteiger partial charge in [0.2, 0.25) is 0 Å². The number of nitro benzene ring substituents is 1. The Morgan fingerprint density at radius 2 is 1.77 bits per heavy atom. The first-order valence-corrected chi connectivity index (χ1v) is 9.78. The summed E-state index contributed by atoms with van der Waals surface area (Å²) in [4.78, 5) is 14.7. The van der Waals surface area contributed by atoms with Crippen LogP contribution < -0.4 is 4.90 Å². The lowest BCUT2D eigenvalue weighted by atomic mass is 9.90. The highest BCUT2D eigenvalue weighted by molar-refractivity contribution is 5.85. The van der Waals surface area contributed by atoms with E-state index < -0.39 is 10.5 Å². The summed E-state index contributed by atoms with van der Waals surface area (Å²) < 4.78 is 0. The maximum Gasteiger partial charge on any atom is 0.269 e. The van der Waals surface area contributed by atoms with Crippen LogP contribution in [-0.4, -0.2) is 53.8 Å². The molecule has 0 aliphatic carbocycles. The molecule has 1 saturated heterocycles. The summed E-state index contributed by atoms with van der Waals surface area (Å²) in [6.07, 6.45) is 2.31. The van der Waals surface area contributed by atoms with E-state index in [4.69, 9.17) is 5.26 Å². The molecule has 3 rings (SSSR count). The molecule has 1 aliphatic rings. The second kappa shape index (κ2) is 10.4. The Balaban J connectivity index is 0.00000320. The lowest BCUT2D eigenvalue weighted by molar-refractivity contribution is -0.384. The second-order valence-corrected chi connectivity index (χ2v) is 7.75. The zero-order valence-electron chi connectivity index (χ0n) is 17.0. The molecule has 160 valence electrons. The largest absolute Gasteiger partial charge is 0.388 e. The van der Waals surface area contributed by atoms with Crippen molar-refractivity contribution in [3.63, 3.8) is 0 Å². The van der Waals surface area contributed by atoms with Crippen molar-refractivity contribution in [2.45, 2.75) is 24.9 Å². The smallest absolute Gasteiger partial charge is 0.269 e. The van der Waals surface area contributed by atoms with Crippen molar-refractivity contribution in [3.8, 4) is 6.07 Å². The van der Waals surface area contributed by atoms with Crippen molar-refractivity contribution in [1.82, 2.24) is 4.90 Å². The number of nitro groups is 1. The zero-order chi connectivity index (χ0) is 20.9. The van der Waals surface area contributed by atoms with E-state index in [1.54, 1.807) is 12.1 Å². The summed E-state index contributed by atoms with van der Waals surface area (Å²) >= 11 is 0. The number of halogens is 1. The summed E-state index contributed by atoms with van der Waals surface area (Å²) in [6.45, 7) is 3.09. The van der Waals surface area contributed by atoms with Crippen LogP contribution in [0.15, 0.2) is 48.5 Å². The number of aliphatic hydroxyl groups is 1. The monoisotopic (exact) mass is 430 g/mol. The first-order chi connectivity index (χ1) is 13.9. The van der Waals surface area contributed by atoms with Crippen LogP contribution in [0, 0.1) is 21.4 Å². The van der Waals surface area contributed by atoms with Gasteiger partial charge in [-0.1, -0.05) is 12.1 Å². The van der Waals surface area contributed by atoms with Crippen molar-refractivity contribution in [2.75, 3.05) is 38.1 Å². The number of hydrogen-bond acceptors (Lipinski definition) is 6. The van der Waals surface area contributed by atoms with E-state index in [0.29, 0.717) is 24.9 Å². The van der Waals surface area contributed by atoms with Crippen LogP contribution in [0.25, 0.3) is 0 Å². The Morgan fingerprint density at radius 3 is 2.30 bits per heavy atom. The number of nitriles is 1. The first-order valence-electron chi connectivity index (χ1n) is 9.78. The van der Waals surface area contributed by atoms with Crippen molar-refractivity contribution < 1.29 is 10.0 Å². The van der Waals surface area contributed by atoms with Crippen molar-refractivity contribution in [2.24, 2.45) is 0 Å². The molecule has 7 nitrogen and oxygen atoms in total. The minimum Gasteiger partial charge on any atom is -0.388 e. The zero-order valence-corrected chi connectivity index (χ0v) is 17.8. The van der Waals surface area contributed by atoms with Gasteiger partial charge in [-0.05, 0) is 49.1 Å². The fourth-order valence-corrected chi connectivity index (χ4v) is 3.75. The number of hydrogen-bond donors (Lipinski definition) is 1. The molecule has 1 fully saturated rings. The molecule has 2 aromatic carbocycles. The van der Waals surface area contributed by atoms with Crippen molar-refractivity contribution in [3.05, 3.63) is 69.8 Å². The summed E-state index contributed by atoms with van der Waals surface area (Å²) in [5.74, 6) is 0. The Labute approximate surface area is 183 Å². The number of nitrogens with zero attached hydrogens (tertiary/aromatic N) is 4. The van der Waals surface area contributed by atoms with Crippen LogP contribution in [-0.2, 0) is 6.42 Å². The highest BCUT2D eigenvalue weighted by Gasteiger charge is 2.33. The number of benzene rings is 2. The molecular weight excluding hydrogens is 404 g/mol. The van der Waals surface area contributed by atoms with E-state index in [2.05, 4.69) is 11.0 Å². The van der Waals surface area contributed by atoms with Gasteiger partial charge in [0.05, 0.1) is 22.2 Å². The Bertz CT molecular complexity index is 873. The first kappa shape index (κ1) is 23.6. The second-order valence-electron chi connectivity index (χ2n) is 7.75. The van der Waals surface area contributed by atoms with Gasteiger partial charge in [0.1, 0.15) is 0 Å². The summed E-state index contributed by atoms with van der Waals surface area (Å²) in [7, 11) is 1.90. The van der Waals surface area contributed by atoms with Crippen LogP contribution in [0.3, 0.4) is 0 Å². The average molecular weight is 431 g/mol. The Kier molecular flexibility index (Phi) is 8.18. The molecule has 1 aliphatic heterocycles. The maximum atomic E-state index is 11.0. The van der Waals surface area contributed by atoms with E-state index in [-0.39, 0.29) is 18.1 Å². The summed E-state index contributed by atoms with van der Waals surface area (Å²) in [5, 5.41) is 30.7. The number of likely N-dealkylation sites (N-methyl/N-ethyl adjacent to an activating group) is 1. The third kappa shape index (κ3) is 6.17. The van der Waals surface area contributed by atoms with Gasteiger partial charge in [-0.25, -0.2) is 0 Å². The fraction of sp³-hybridized carbons (Fsp3) is 0.409. The molecule has 0 spiro atoms. The Morgan fingerprint density at radius 1 is 1.17 bits per heavy atom. The van der Waals surface area contributed by atoms with Gasteiger partial charge in [0.25, 0.3) is 5.69 Å². The molecule has 30 heavy (non-hydrogen) atoms. The molecule has 0 saturated carbocycles. The van der Waals surface area contributed by atoms with Crippen LogP contribution in [0.5, 0.6) is 0 Å². The number of anilines is 1. The number of likely N-dealkylation sites (tertiary alicyclic amines) is 1. The lowest BCUT2D eigenvalue weighted by Gasteiger charge is -2.40. The third-order valence-corrected chi connectivity index (χ3v) is 5.62. The standard InChI is InChI=1S/C22H26N4O3.ClH/c1-24(20-6-8-21(9-7-20)26(28)29)17-22(27)11-14-25(15-12-22)13-10-18-2-4-19(16-23)5-3-18;/h2-9,27H,10-15,17H2,1H3;1H. The van der Waals surface area contributed by atoms with Gasteiger partial charge in [0, 0.05) is 51.0 Å². The maximum absolute atomic E-state index is 11.0. The SMILES string of the molecule is CN(CC1(O)CCN(CCc2ccc(C#N)cc2)CC1)c1ccc([N+](=O)[O-])cc1.Cl. The lowest BCUT2D eigenvalue weighted by Crippen LogP contribution is -2.50. The predicted molar refractivity (Wildman–Crippen MR) is 119 cm³/mol. The fourth-order valence-electron chi connectivity index (χ4n) is 3.75. The van der Waals surface area contributed by atoms with Gasteiger partial charge < -0.3 is 14.9 Å². The number of piperidine rings is 1. The predicted octanol–water partition coefficient (Wildman–Crippen LogP) is 3.39. The molecule has 0 unspecified atom stereocenters. The van der Waals surface area contributed by atoms with Gasteiger partial charge in [-0.3, -0.25) is 10.1 Å². The Hall–Kier alpha value is -2.66. The van der Waals surface area contributed by atoms with E-state index >= 15 is 0 Å². The molecule has 0 aromatic heterocycles. The molecular formula is C22H27ClN4O3. The normalized spacial score (nSPS) is 15.6. The van der Waals surface area contributed by atoms with E-state index in [0.717, 1.165) is 31.7 Å². The number of non-ortho nitro benzene ring substituents is 1. The highest BCUT2D eigenvalue weighted by atomic mass is 35.5. The minimum atomic E-state index is -0.762. The summed E-state index contributed by atoms with van der Waals surface area (Å²) in [6, 6.07) is 16.2. The molecule has 1 N–H and O–H groups in total. The molecule has 2 aromatic rings. The van der Waals surface area contributed by atoms with Crippen molar-refractivity contribution in [1.29, 1.82) is 5.26 Å². The molecule has 0 atom stereocenters. The number of rotatable bonds is 7. The molecule has 0 amide bonds. The quantitative estimate of drug-likeness (QED) is 0.534. The minimum absolute atomic E-state index is 0. The highest BCUT2D eigenvalue weighted by Crippen LogP contribution is 2.26. The van der Waals surface area contributed by atoms with E-state index in [9.17, 15) is 15.2 Å². The summed E-state index contributed by atoms with van der Waals surface area (Å²) in [5.41, 5.74) is 2.04. The van der Waals surface area contributed by atoms with Crippen LogP contribution >= 0.6 is 12.4 Å². The van der Waals surface area contributed by atoms with Gasteiger partial charge in [0.15, 0.2) is 0 Å². The third-order valence-electron chi connectivity index (χ3n) is 5.62. The van der Waals surface area contributed by atoms with E-state index in [1.165, 1.54) is 17.7 Å². The van der Waals surface area contributed by atoms with Gasteiger partial charge in [-0.2, -0.15) is 5.26 Å². The van der Waals surface area contributed by atoms with Gasteiger partial charge in [-0.15, -0.1) is 12.4 Å². The van der Waals surface area contributed by atoms with Crippen LogP contribution in [0.1, 0.15) is 24.0 Å². The molecule has 1 heterocycles. The van der Waals surface area contributed by atoms with Gasteiger partial charge >= 0.3 is 0 Å².